The quantitative estimate of drug-likeness (QED) is 0.839. The number of rotatable bonds is 5. The van der Waals surface area contributed by atoms with E-state index in [1.165, 1.54) is 32.2 Å². The predicted octanol–water partition coefficient (Wildman–Crippen LogP) is 3.19. The highest BCUT2D eigenvalue weighted by molar-refractivity contribution is 5.79. The smallest absolute Gasteiger partial charge is 0.223 e. The predicted molar refractivity (Wildman–Crippen MR) is 83.6 cm³/mol. The molecule has 2 fully saturated rings. The zero-order valence-electron chi connectivity index (χ0n) is 13.4. The largest absolute Gasteiger partial charge is 0.353 e. The molecule has 116 valence electrons. The SMILES string of the molecule is CC(C)CCN1CCC(NC(=O)C2CCCCC2)CC1. The highest BCUT2D eigenvalue weighted by Gasteiger charge is 2.25. The van der Waals surface area contributed by atoms with Gasteiger partial charge in [-0.25, -0.2) is 0 Å². The highest BCUT2D eigenvalue weighted by atomic mass is 16.1. The van der Waals surface area contributed by atoms with Gasteiger partial charge in [0.1, 0.15) is 0 Å². The molecule has 1 aliphatic carbocycles. The average Bonchev–Trinajstić information content (AvgIpc) is 2.47. The molecule has 0 aromatic heterocycles. The number of nitrogens with one attached hydrogen (secondary N) is 1. The maximum atomic E-state index is 12.2. The molecule has 2 aliphatic rings. The number of hydrogen-bond acceptors (Lipinski definition) is 2. The van der Waals surface area contributed by atoms with E-state index in [1.54, 1.807) is 0 Å². The first-order valence-corrected chi connectivity index (χ1v) is 8.68. The molecule has 1 saturated heterocycles. The van der Waals surface area contributed by atoms with E-state index in [4.69, 9.17) is 0 Å². The number of nitrogens with zero attached hydrogens (tertiary/aromatic N) is 1. The van der Waals surface area contributed by atoms with Crippen molar-refractivity contribution in [1.29, 1.82) is 0 Å². The molecule has 20 heavy (non-hydrogen) atoms. The minimum absolute atomic E-state index is 0.308. The Morgan fingerprint density at radius 3 is 2.35 bits per heavy atom. The van der Waals surface area contributed by atoms with Crippen LogP contribution in [0.5, 0.6) is 0 Å². The van der Waals surface area contributed by atoms with E-state index in [9.17, 15) is 4.79 Å². The number of piperidine rings is 1. The van der Waals surface area contributed by atoms with Crippen molar-refractivity contribution in [3.05, 3.63) is 0 Å². The molecule has 1 heterocycles. The Kier molecular flexibility index (Phi) is 6.34. The highest BCUT2D eigenvalue weighted by Crippen LogP contribution is 2.24. The minimum atomic E-state index is 0.308. The molecule has 0 bridgehead atoms. The lowest BCUT2D eigenvalue weighted by Gasteiger charge is -2.33. The van der Waals surface area contributed by atoms with Gasteiger partial charge in [0, 0.05) is 25.0 Å². The van der Waals surface area contributed by atoms with Gasteiger partial charge in [-0.2, -0.15) is 0 Å². The Labute approximate surface area is 124 Å². The number of hydrogen-bond donors (Lipinski definition) is 1. The summed E-state index contributed by atoms with van der Waals surface area (Å²) in [6.45, 7) is 8.11. The van der Waals surface area contributed by atoms with Gasteiger partial charge in [-0.3, -0.25) is 4.79 Å². The molecule has 1 N–H and O–H groups in total. The summed E-state index contributed by atoms with van der Waals surface area (Å²) in [6, 6.07) is 0.430. The van der Waals surface area contributed by atoms with Gasteiger partial charge in [-0.05, 0) is 44.6 Å². The van der Waals surface area contributed by atoms with E-state index in [0.717, 1.165) is 44.7 Å². The molecule has 1 saturated carbocycles. The monoisotopic (exact) mass is 280 g/mol. The molecular weight excluding hydrogens is 248 g/mol. The zero-order valence-corrected chi connectivity index (χ0v) is 13.4. The van der Waals surface area contributed by atoms with Crippen molar-refractivity contribution in [3.63, 3.8) is 0 Å². The molecule has 0 aromatic carbocycles. The third kappa shape index (κ3) is 5.08. The van der Waals surface area contributed by atoms with Crippen LogP contribution in [0.4, 0.5) is 0 Å². The van der Waals surface area contributed by atoms with Crippen molar-refractivity contribution in [1.82, 2.24) is 10.2 Å². The fourth-order valence-corrected chi connectivity index (χ4v) is 3.43. The molecule has 0 spiro atoms. The fraction of sp³-hybridized carbons (Fsp3) is 0.941. The molecule has 0 unspecified atom stereocenters. The lowest BCUT2D eigenvalue weighted by molar-refractivity contribution is -0.127. The lowest BCUT2D eigenvalue weighted by atomic mass is 9.88. The normalized spacial score (nSPS) is 23.1. The Morgan fingerprint density at radius 1 is 1.10 bits per heavy atom. The maximum Gasteiger partial charge on any atom is 0.223 e. The zero-order chi connectivity index (χ0) is 14.4. The second-order valence-electron chi connectivity index (χ2n) is 7.14. The third-order valence-corrected chi connectivity index (χ3v) is 4.93. The standard InChI is InChI=1S/C17H32N2O/c1-14(2)8-11-19-12-9-16(10-13-19)18-17(20)15-6-4-3-5-7-15/h14-16H,3-13H2,1-2H3,(H,18,20). The van der Waals surface area contributed by atoms with E-state index in [2.05, 4.69) is 24.1 Å². The summed E-state index contributed by atoms with van der Waals surface area (Å²) in [4.78, 5) is 14.8. The van der Waals surface area contributed by atoms with Crippen LogP contribution < -0.4 is 5.32 Å². The van der Waals surface area contributed by atoms with Gasteiger partial charge >= 0.3 is 0 Å². The number of likely N-dealkylation sites (tertiary alicyclic amines) is 1. The maximum absolute atomic E-state index is 12.2. The molecule has 2 rings (SSSR count). The van der Waals surface area contributed by atoms with Crippen LogP contribution in [0.2, 0.25) is 0 Å². The van der Waals surface area contributed by atoms with Gasteiger partial charge in [-0.1, -0.05) is 33.1 Å². The summed E-state index contributed by atoms with van der Waals surface area (Å²) < 4.78 is 0. The third-order valence-electron chi connectivity index (χ3n) is 4.93. The number of amides is 1. The Bertz CT molecular complexity index is 289. The fourth-order valence-electron chi connectivity index (χ4n) is 3.43. The summed E-state index contributed by atoms with van der Waals surface area (Å²) in [7, 11) is 0. The first kappa shape index (κ1) is 15.8. The summed E-state index contributed by atoms with van der Waals surface area (Å²) in [6.07, 6.45) is 9.58. The van der Waals surface area contributed by atoms with Crippen molar-refractivity contribution in [3.8, 4) is 0 Å². The van der Waals surface area contributed by atoms with Crippen LogP contribution >= 0.6 is 0 Å². The minimum Gasteiger partial charge on any atom is -0.353 e. The molecule has 0 radical (unpaired) electrons. The van der Waals surface area contributed by atoms with E-state index in [-0.39, 0.29) is 0 Å². The molecule has 1 aliphatic heterocycles. The van der Waals surface area contributed by atoms with Crippen LogP contribution in [0, 0.1) is 11.8 Å². The van der Waals surface area contributed by atoms with E-state index < -0.39 is 0 Å². The van der Waals surface area contributed by atoms with Gasteiger partial charge < -0.3 is 10.2 Å². The molecule has 1 amide bonds. The van der Waals surface area contributed by atoms with Crippen LogP contribution in [0.3, 0.4) is 0 Å². The van der Waals surface area contributed by atoms with Crippen molar-refractivity contribution in [2.75, 3.05) is 19.6 Å². The second kappa shape index (κ2) is 8.02. The van der Waals surface area contributed by atoms with E-state index in [0.29, 0.717) is 17.9 Å². The summed E-state index contributed by atoms with van der Waals surface area (Å²) in [5.41, 5.74) is 0. The molecule has 0 atom stereocenters. The van der Waals surface area contributed by atoms with Crippen molar-refractivity contribution < 1.29 is 4.79 Å². The Morgan fingerprint density at radius 2 is 1.75 bits per heavy atom. The molecule has 0 aromatic rings. The molecule has 3 nitrogen and oxygen atoms in total. The summed E-state index contributed by atoms with van der Waals surface area (Å²) in [5, 5.41) is 3.31. The molecule has 3 heteroatoms. The van der Waals surface area contributed by atoms with Crippen molar-refractivity contribution >= 4 is 5.91 Å². The van der Waals surface area contributed by atoms with Gasteiger partial charge in [0.2, 0.25) is 5.91 Å². The van der Waals surface area contributed by atoms with E-state index in [1.807, 2.05) is 0 Å². The number of carbonyl (C=O) groups is 1. The van der Waals surface area contributed by atoms with Crippen LogP contribution in [0.1, 0.15) is 65.2 Å². The summed E-state index contributed by atoms with van der Waals surface area (Å²) >= 11 is 0. The van der Waals surface area contributed by atoms with Gasteiger partial charge in [0.15, 0.2) is 0 Å². The van der Waals surface area contributed by atoms with Crippen LogP contribution in [0.15, 0.2) is 0 Å². The Hall–Kier alpha value is -0.570. The van der Waals surface area contributed by atoms with Gasteiger partial charge in [0.25, 0.3) is 0 Å². The first-order chi connectivity index (χ1) is 9.65. The van der Waals surface area contributed by atoms with E-state index >= 15 is 0 Å². The average molecular weight is 280 g/mol. The lowest BCUT2D eigenvalue weighted by Crippen LogP contribution is -2.46. The number of carbonyl (C=O) groups excluding carboxylic acids is 1. The van der Waals surface area contributed by atoms with Crippen molar-refractivity contribution in [2.24, 2.45) is 11.8 Å². The summed E-state index contributed by atoms with van der Waals surface area (Å²) in [5.74, 6) is 1.44. The first-order valence-electron chi connectivity index (χ1n) is 8.68. The van der Waals surface area contributed by atoms with Crippen LogP contribution in [-0.2, 0) is 4.79 Å². The second-order valence-corrected chi connectivity index (χ2v) is 7.14. The molecular formula is C17H32N2O. The van der Waals surface area contributed by atoms with Crippen LogP contribution in [-0.4, -0.2) is 36.5 Å². The topological polar surface area (TPSA) is 32.3 Å². The van der Waals surface area contributed by atoms with Crippen molar-refractivity contribution in [2.45, 2.75) is 71.3 Å². The van der Waals surface area contributed by atoms with Gasteiger partial charge in [0.05, 0.1) is 0 Å². The Balaban J connectivity index is 1.64. The van der Waals surface area contributed by atoms with Crippen LogP contribution in [0.25, 0.3) is 0 Å². The van der Waals surface area contributed by atoms with Gasteiger partial charge in [-0.15, -0.1) is 0 Å².